The first-order valence-corrected chi connectivity index (χ1v) is 18.8. The third kappa shape index (κ3) is 8.97. The number of benzene rings is 2. The van der Waals surface area contributed by atoms with Crippen molar-refractivity contribution in [3.05, 3.63) is 67.8 Å². The zero-order valence-corrected chi connectivity index (χ0v) is 36.4. The molecule has 0 fully saturated rings. The van der Waals surface area contributed by atoms with E-state index < -0.39 is 0 Å². The molecule has 2 aromatic carbocycles. The molecule has 2 rings (SSSR count). The fraction of sp³-hybridized carbons (Fsp3) is 0.745. The molecule has 2 aromatic rings. The van der Waals surface area contributed by atoms with Gasteiger partial charge in [-0.25, -0.2) is 0 Å². The lowest BCUT2D eigenvalue weighted by atomic mass is 9.58. The Balaban J connectivity index is 3.34. The Morgan fingerprint density at radius 1 is 0.340 bits per heavy atom. The standard InChI is InChI=1S/C47H80/c1-29(30-27-32(40(2,3)4)36(44(14,15)16)33(28-30)41(5,6)7)26-31-34(42(8,9)10)37(45(17,18)19)39(47(23,24)25)38(46(20,21)22)35(31)43(11,12)13/h27-29H,26H2,1-25H3. The Morgan fingerprint density at radius 3 is 0.787 bits per heavy atom. The first-order chi connectivity index (χ1) is 20.3. The van der Waals surface area contributed by atoms with E-state index in [-0.39, 0.29) is 43.3 Å². The van der Waals surface area contributed by atoms with Crippen molar-refractivity contribution in [1.29, 1.82) is 0 Å². The third-order valence-corrected chi connectivity index (χ3v) is 9.96. The maximum absolute atomic E-state index is 2.60. The Morgan fingerprint density at radius 2 is 0.574 bits per heavy atom. The monoisotopic (exact) mass is 645 g/mol. The molecule has 0 radical (unpaired) electrons. The number of hydrogen-bond acceptors (Lipinski definition) is 0. The van der Waals surface area contributed by atoms with Crippen molar-refractivity contribution in [2.24, 2.45) is 0 Å². The summed E-state index contributed by atoms with van der Waals surface area (Å²) in [5, 5.41) is 0. The van der Waals surface area contributed by atoms with Crippen LogP contribution in [0.15, 0.2) is 12.1 Å². The topological polar surface area (TPSA) is 0 Å². The van der Waals surface area contributed by atoms with Gasteiger partial charge in [-0.1, -0.05) is 185 Å². The van der Waals surface area contributed by atoms with Crippen LogP contribution in [0.25, 0.3) is 0 Å². The van der Waals surface area contributed by atoms with Gasteiger partial charge in [0.05, 0.1) is 0 Å². The highest BCUT2D eigenvalue weighted by Crippen LogP contribution is 2.52. The predicted octanol–water partition coefficient (Wildman–Crippen LogP) is 14.4. The van der Waals surface area contributed by atoms with Gasteiger partial charge < -0.3 is 0 Å². The molecule has 0 aliphatic rings. The first kappa shape index (κ1) is 41.6. The van der Waals surface area contributed by atoms with Crippen LogP contribution in [-0.2, 0) is 49.7 Å². The summed E-state index contributed by atoms with van der Waals surface area (Å²) in [6.07, 6.45) is 1.04. The maximum Gasteiger partial charge on any atom is -0.0126 e. The van der Waals surface area contributed by atoms with Gasteiger partial charge in [0.25, 0.3) is 0 Å². The lowest BCUT2D eigenvalue weighted by molar-refractivity contribution is 0.452. The molecular formula is C47H80. The van der Waals surface area contributed by atoms with E-state index in [9.17, 15) is 0 Å². The third-order valence-electron chi connectivity index (χ3n) is 9.96. The highest BCUT2D eigenvalue weighted by Gasteiger charge is 2.43. The van der Waals surface area contributed by atoms with E-state index in [0.717, 1.165) is 6.42 Å². The SMILES string of the molecule is CC(Cc1c(C(C)(C)C)c(C(C)(C)C)c(C(C)(C)C)c(C(C)(C)C)c1C(C)(C)C)c1cc(C(C)(C)C)c(C(C)(C)C)c(C(C)(C)C)c1. The number of hydrogen-bond donors (Lipinski definition) is 0. The maximum atomic E-state index is 2.60. The van der Waals surface area contributed by atoms with Crippen LogP contribution < -0.4 is 0 Å². The average Bonchev–Trinajstić information content (AvgIpc) is 2.76. The molecule has 47 heavy (non-hydrogen) atoms. The number of rotatable bonds is 3. The van der Waals surface area contributed by atoms with Crippen molar-refractivity contribution in [3.8, 4) is 0 Å². The van der Waals surface area contributed by atoms with Crippen LogP contribution in [0.4, 0.5) is 0 Å². The van der Waals surface area contributed by atoms with Crippen LogP contribution in [0.2, 0.25) is 0 Å². The fourth-order valence-electron chi connectivity index (χ4n) is 8.28. The van der Waals surface area contributed by atoms with E-state index in [1.807, 2.05) is 0 Å². The molecule has 1 unspecified atom stereocenters. The summed E-state index contributed by atoms with van der Waals surface area (Å²) in [6.45, 7) is 61.1. The van der Waals surface area contributed by atoms with Gasteiger partial charge in [-0.05, 0) is 111 Å². The molecule has 268 valence electrons. The molecule has 0 aliphatic heterocycles. The van der Waals surface area contributed by atoms with Crippen molar-refractivity contribution in [2.45, 2.75) is 229 Å². The lowest BCUT2D eigenvalue weighted by Gasteiger charge is -2.46. The van der Waals surface area contributed by atoms with Gasteiger partial charge in [-0.3, -0.25) is 0 Å². The minimum atomic E-state index is -0.00267. The molecule has 0 bridgehead atoms. The molecule has 0 heterocycles. The molecule has 0 saturated heterocycles. The van der Waals surface area contributed by atoms with Gasteiger partial charge in [-0.2, -0.15) is 0 Å². The van der Waals surface area contributed by atoms with E-state index in [1.165, 1.54) is 16.7 Å². The minimum Gasteiger partial charge on any atom is -0.0581 e. The van der Waals surface area contributed by atoms with Crippen molar-refractivity contribution in [3.63, 3.8) is 0 Å². The predicted molar refractivity (Wildman–Crippen MR) is 215 cm³/mol. The second kappa shape index (κ2) is 12.3. The van der Waals surface area contributed by atoms with Crippen LogP contribution in [-0.4, -0.2) is 0 Å². The normalized spacial score (nSPS) is 15.3. The zero-order chi connectivity index (χ0) is 37.5. The van der Waals surface area contributed by atoms with Gasteiger partial charge in [0.15, 0.2) is 0 Å². The van der Waals surface area contributed by atoms with Crippen LogP contribution >= 0.6 is 0 Å². The van der Waals surface area contributed by atoms with Gasteiger partial charge in [0.2, 0.25) is 0 Å². The molecule has 0 heteroatoms. The molecule has 0 saturated carbocycles. The van der Waals surface area contributed by atoms with Crippen molar-refractivity contribution in [2.75, 3.05) is 0 Å². The van der Waals surface area contributed by atoms with E-state index in [0.29, 0.717) is 5.92 Å². The average molecular weight is 645 g/mol. The van der Waals surface area contributed by atoms with E-state index in [2.05, 4.69) is 185 Å². The Hall–Kier alpha value is -1.56. The van der Waals surface area contributed by atoms with Gasteiger partial charge in [0.1, 0.15) is 0 Å². The minimum absolute atomic E-state index is 0.00267. The molecular weight excluding hydrogens is 565 g/mol. The van der Waals surface area contributed by atoms with Crippen LogP contribution in [0.5, 0.6) is 0 Å². The smallest absolute Gasteiger partial charge is 0.0126 e. The summed E-state index contributed by atoms with van der Waals surface area (Å²) in [7, 11) is 0. The summed E-state index contributed by atoms with van der Waals surface area (Å²) in [4.78, 5) is 0. The second-order valence-corrected chi connectivity index (χ2v) is 23.4. The van der Waals surface area contributed by atoms with Crippen LogP contribution in [0.3, 0.4) is 0 Å². The highest BCUT2D eigenvalue weighted by atomic mass is 14.5. The van der Waals surface area contributed by atoms with Gasteiger partial charge in [-0.15, -0.1) is 0 Å². The van der Waals surface area contributed by atoms with Crippen LogP contribution in [0, 0.1) is 0 Å². The van der Waals surface area contributed by atoms with Gasteiger partial charge in [0, 0.05) is 0 Å². The molecule has 0 N–H and O–H groups in total. The first-order valence-electron chi connectivity index (χ1n) is 18.8. The molecule has 0 aliphatic carbocycles. The molecule has 0 spiro atoms. The Kier molecular flexibility index (Phi) is 10.9. The van der Waals surface area contributed by atoms with E-state index in [4.69, 9.17) is 0 Å². The summed E-state index contributed by atoms with van der Waals surface area (Å²) in [5.41, 5.74) is 15.8. The van der Waals surface area contributed by atoms with Gasteiger partial charge >= 0.3 is 0 Å². The van der Waals surface area contributed by atoms with Crippen LogP contribution in [0.1, 0.15) is 235 Å². The summed E-state index contributed by atoms with van der Waals surface area (Å²) in [5.74, 6) is 0.370. The fourth-order valence-corrected chi connectivity index (χ4v) is 8.28. The molecule has 0 nitrogen and oxygen atoms in total. The Labute approximate surface area is 295 Å². The second-order valence-electron chi connectivity index (χ2n) is 23.4. The van der Waals surface area contributed by atoms with Crippen molar-refractivity contribution in [1.82, 2.24) is 0 Å². The highest BCUT2D eigenvalue weighted by molar-refractivity contribution is 5.63. The quantitative estimate of drug-likeness (QED) is 0.312. The lowest BCUT2D eigenvalue weighted by Crippen LogP contribution is -2.37. The summed E-state index contributed by atoms with van der Waals surface area (Å²) >= 11 is 0. The van der Waals surface area contributed by atoms with Crippen molar-refractivity contribution < 1.29 is 0 Å². The zero-order valence-electron chi connectivity index (χ0n) is 36.4. The largest absolute Gasteiger partial charge is 0.0581 e. The molecule has 0 amide bonds. The van der Waals surface area contributed by atoms with Crippen molar-refractivity contribution >= 4 is 0 Å². The molecule has 1 atom stereocenters. The van der Waals surface area contributed by atoms with E-state index in [1.54, 1.807) is 38.9 Å². The summed E-state index contributed by atoms with van der Waals surface area (Å²) < 4.78 is 0. The summed E-state index contributed by atoms with van der Waals surface area (Å²) in [6, 6.07) is 5.21. The Bertz CT molecular complexity index is 1340. The molecule has 0 aromatic heterocycles. The van der Waals surface area contributed by atoms with E-state index >= 15 is 0 Å².